The van der Waals surface area contributed by atoms with E-state index in [2.05, 4.69) is 5.32 Å². The number of aromatic nitrogens is 1. The quantitative estimate of drug-likeness (QED) is 0.491. The Bertz CT molecular complexity index is 712. The third kappa shape index (κ3) is 4.77. The molecule has 0 fully saturated rings. The molecule has 0 spiro atoms. The lowest BCUT2D eigenvalue weighted by molar-refractivity contribution is -0.645. The SMILES string of the molecule is C[C@H](Sc1cccc[n+]1[O-])C(=O)N[C@@H](C)c1ccc(Cl)cc1Cl. The van der Waals surface area contributed by atoms with Crippen LogP contribution in [0.2, 0.25) is 10.0 Å². The van der Waals surface area contributed by atoms with Crippen LogP contribution in [0, 0.1) is 5.21 Å². The molecule has 0 aliphatic rings. The van der Waals surface area contributed by atoms with Crippen LogP contribution >= 0.6 is 35.0 Å². The Morgan fingerprint density at radius 2 is 2.00 bits per heavy atom. The van der Waals surface area contributed by atoms with Crippen molar-refractivity contribution in [2.24, 2.45) is 0 Å². The van der Waals surface area contributed by atoms with Gasteiger partial charge in [0.05, 0.1) is 11.3 Å². The first-order valence-electron chi connectivity index (χ1n) is 6.98. The van der Waals surface area contributed by atoms with E-state index in [0.29, 0.717) is 15.1 Å². The third-order valence-electron chi connectivity index (χ3n) is 3.24. The summed E-state index contributed by atoms with van der Waals surface area (Å²) < 4.78 is 0.744. The number of halogens is 2. The summed E-state index contributed by atoms with van der Waals surface area (Å²) in [6.45, 7) is 3.60. The van der Waals surface area contributed by atoms with Gasteiger partial charge in [0.1, 0.15) is 0 Å². The minimum Gasteiger partial charge on any atom is -0.618 e. The maximum absolute atomic E-state index is 12.3. The van der Waals surface area contributed by atoms with Crippen molar-refractivity contribution in [3.8, 4) is 0 Å². The third-order valence-corrected chi connectivity index (χ3v) is 4.93. The summed E-state index contributed by atoms with van der Waals surface area (Å²) in [5.41, 5.74) is 0.792. The highest BCUT2D eigenvalue weighted by Crippen LogP contribution is 2.27. The Kier molecular flexibility index (Phi) is 6.16. The van der Waals surface area contributed by atoms with Crippen molar-refractivity contribution >= 4 is 40.9 Å². The van der Waals surface area contributed by atoms with Crippen LogP contribution in [0.5, 0.6) is 0 Å². The number of carbonyl (C=O) groups excluding carboxylic acids is 1. The van der Waals surface area contributed by atoms with Gasteiger partial charge in [-0.05, 0) is 49.4 Å². The van der Waals surface area contributed by atoms with E-state index in [1.165, 1.54) is 18.0 Å². The lowest BCUT2D eigenvalue weighted by Gasteiger charge is -2.18. The topological polar surface area (TPSA) is 56.0 Å². The molecule has 2 aromatic rings. The van der Waals surface area contributed by atoms with Gasteiger partial charge in [-0.3, -0.25) is 4.79 Å². The van der Waals surface area contributed by atoms with Gasteiger partial charge in [-0.2, -0.15) is 4.73 Å². The fourth-order valence-electron chi connectivity index (χ4n) is 2.00. The van der Waals surface area contributed by atoms with E-state index in [4.69, 9.17) is 23.2 Å². The van der Waals surface area contributed by atoms with Gasteiger partial charge in [0.2, 0.25) is 5.91 Å². The molecule has 0 saturated carbocycles. The fourth-order valence-corrected chi connectivity index (χ4v) is 3.43. The molecule has 1 amide bonds. The summed E-state index contributed by atoms with van der Waals surface area (Å²) in [6, 6.07) is 9.99. The second-order valence-corrected chi connectivity index (χ2v) is 7.23. The van der Waals surface area contributed by atoms with Gasteiger partial charge in [0, 0.05) is 22.2 Å². The average molecular weight is 371 g/mol. The van der Waals surface area contributed by atoms with Gasteiger partial charge in [0.15, 0.2) is 6.20 Å². The average Bonchev–Trinajstić information content (AvgIpc) is 2.49. The van der Waals surface area contributed by atoms with Crippen molar-refractivity contribution in [1.29, 1.82) is 0 Å². The van der Waals surface area contributed by atoms with Crippen molar-refractivity contribution in [3.63, 3.8) is 0 Å². The molecule has 1 aromatic heterocycles. The number of nitrogens with zero attached hydrogens (tertiary/aromatic N) is 1. The summed E-state index contributed by atoms with van der Waals surface area (Å²) in [7, 11) is 0. The van der Waals surface area contributed by atoms with Gasteiger partial charge in [-0.1, -0.05) is 29.3 Å². The van der Waals surface area contributed by atoms with Crippen molar-refractivity contribution < 1.29 is 9.52 Å². The van der Waals surface area contributed by atoms with E-state index in [9.17, 15) is 10.0 Å². The molecule has 2 atom stereocenters. The van der Waals surface area contributed by atoms with Crippen molar-refractivity contribution in [1.82, 2.24) is 5.32 Å². The van der Waals surface area contributed by atoms with Crippen LogP contribution in [0.1, 0.15) is 25.5 Å². The van der Waals surface area contributed by atoms with E-state index in [0.717, 1.165) is 10.3 Å². The summed E-state index contributed by atoms with van der Waals surface area (Å²) >= 11 is 13.2. The predicted molar refractivity (Wildman–Crippen MR) is 93.7 cm³/mol. The Morgan fingerprint density at radius 3 is 2.65 bits per heavy atom. The standard InChI is InChI=1S/C16H16Cl2N2O2S/c1-10(13-7-6-12(17)9-14(13)18)19-16(21)11(2)23-15-5-3-4-8-20(15)22/h3-11H,1-2H3,(H,19,21)/t10-,11-/m0/s1. The van der Waals surface area contributed by atoms with Crippen LogP contribution in [0.4, 0.5) is 0 Å². The zero-order valence-corrected chi connectivity index (χ0v) is 15.0. The number of pyridine rings is 1. The van der Waals surface area contributed by atoms with Crippen molar-refractivity contribution in [2.45, 2.75) is 30.2 Å². The Labute approximate surface area is 149 Å². The van der Waals surface area contributed by atoms with Gasteiger partial charge >= 0.3 is 0 Å². The predicted octanol–water partition coefficient (Wildman–Crippen LogP) is 3.98. The zero-order chi connectivity index (χ0) is 17.0. The minimum absolute atomic E-state index is 0.169. The Balaban J connectivity index is 2.01. The second kappa shape index (κ2) is 7.90. The smallest absolute Gasteiger partial charge is 0.252 e. The highest BCUT2D eigenvalue weighted by Gasteiger charge is 2.21. The lowest BCUT2D eigenvalue weighted by Crippen LogP contribution is -2.35. The maximum Gasteiger partial charge on any atom is 0.252 e. The number of nitrogens with one attached hydrogen (secondary N) is 1. The molecule has 23 heavy (non-hydrogen) atoms. The highest BCUT2D eigenvalue weighted by molar-refractivity contribution is 8.00. The maximum atomic E-state index is 12.3. The molecular weight excluding hydrogens is 355 g/mol. The zero-order valence-electron chi connectivity index (χ0n) is 12.6. The normalized spacial score (nSPS) is 13.4. The number of carbonyl (C=O) groups is 1. The van der Waals surface area contributed by atoms with E-state index >= 15 is 0 Å². The fraction of sp³-hybridized carbons (Fsp3) is 0.250. The summed E-state index contributed by atoms with van der Waals surface area (Å²) in [6.07, 6.45) is 1.41. The number of hydrogen-bond donors (Lipinski definition) is 1. The van der Waals surface area contributed by atoms with Gasteiger partial charge in [0.25, 0.3) is 5.03 Å². The van der Waals surface area contributed by atoms with Crippen LogP contribution in [-0.4, -0.2) is 11.2 Å². The molecule has 0 unspecified atom stereocenters. The molecular formula is C16H16Cl2N2O2S. The van der Waals surface area contributed by atoms with Gasteiger partial charge in [-0.25, -0.2) is 0 Å². The molecule has 0 saturated heterocycles. The van der Waals surface area contributed by atoms with Crippen molar-refractivity contribution in [2.75, 3.05) is 0 Å². The van der Waals surface area contributed by atoms with Crippen LogP contribution in [-0.2, 0) is 4.79 Å². The molecule has 1 N–H and O–H groups in total. The largest absolute Gasteiger partial charge is 0.618 e. The number of hydrogen-bond acceptors (Lipinski definition) is 3. The molecule has 0 aliphatic heterocycles. The number of rotatable bonds is 5. The number of benzene rings is 1. The first-order valence-corrected chi connectivity index (χ1v) is 8.62. The molecule has 122 valence electrons. The van der Waals surface area contributed by atoms with Crippen LogP contribution in [0.3, 0.4) is 0 Å². The molecule has 7 heteroatoms. The van der Waals surface area contributed by atoms with Crippen LogP contribution in [0.25, 0.3) is 0 Å². The molecule has 1 heterocycles. The van der Waals surface area contributed by atoms with E-state index in [1.54, 1.807) is 43.3 Å². The molecule has 0 bridgehead atoms. The second-order valence-electron chi connectivity index (χ2n) is 5.02. The first-order chi connectivity index (χ1) is 10.9. The minimum atomic E-state index is -0.411. The Hall–Kier alpha value is -1.43. The van der Waals surface area contributed by atoms with Gasteiger partial charge in [-0.15, -0.1) is 0 Å². The molecule has 0 aliphatic carbocycles. The summed E-state index contributed by atoms with van der Waals surface area (Å²) in [5, 5.41) is 15.6. The molecule has 0 radical (unpaired) electrons. The highest BCUT2D eigenvalue weighted by atomic mass is 35.5. The molecule has 4 nitrogen and oxygen atoms in total. The van der Waals surface area contributed by atoms with Crippen LogP contribution in [0.15, 0.2) is 47.6 Å². The number of thioether (sulfide) groups is 1. The van der Waals surface area contributed by atoms with Crippen molar-refractivity contribution in [3.05, 3.63) is 63.4 Å². The van der Waals surface area contributed by atoms with E-state index in [-0.39, 0.29) is 11.9 Å². The monoisotopic (exact) mass is 370 g/mol. The summed E-state index contributed by atoms with van der Waals surface area (Å²) in [4.78, 5) is 12.3. The lowest BCUT2D eigenvalue weighted by atomic mass is 10.1. The first kappa shape index (κ1) is 17.9. The van der Waals surface area contributed by atoms with Crippen LogP contribution < -0.4 is 10.0 Å². The van der Waals surface area contributed by atoms with E-state index < -0.39 is 5.25 Å². The van der Waals surface area contributed by atoms with E-state index in [1.807, 2.05) is 6.92 Å². The van der Waals surface area contributed by atoms with Gasteiger partial charge < -0.3 is 10.5 Å². The summed E-state index contributed by atoms with van der Waals surface area (Å²) in [5.74, 6) is -0.169. The number of amides is 1. The molecule has 1 aromatic carbocycles. The molecule has 2 rings (SSSR count). The Morgan fingerprint density at radius 1 is 1.26 bits per heavy atom.